The van der Waals surface area contributed by atoms with Gasteiger partial charge >= 0.3 is 0 Å². The van der Waals surface area contributed by atoms with E-state index in [0.717, 1.165) is 6.07 Å². The van der Waals surface area contributed by atoms with Crippen molar-refractivity contribution in [2.75, 3.05) is 20.3 Å². The highest BCUT2D eigenvalue weighted by molar-refractivity contribution is 5.97. The maximum absolute atomic E-state index is 11.9. The summed E-state index contributed by atoms with van der Waals surface area (Å²) in [6, 6.07) is 2.75. The molecule has 8 heteroatoms. The molecule has 0 aromatic heterocycles. The van der Waals surface area contributed by atoms with Crippen molar-refractivity contribution in [1.29, 1.82) is 0 Å². The maximum Gasteiger partial charge on any atom is 0.270 e. The number of aliphatic hydroxyl groups is 2. The average molecular weight is 270 g/mol. The van der Waals surface area contributed by atoms with E-state index < -0.39 is 30.1 Å². The second-order valence-electron chi connectivity index (χ2n) is 3.68. The van der Waals surface area contributed by atoms with Crippen molar-refractivity contribution < 1.29 is 24.7 Å². The van der Waals surface area contributed by atoms with Gasteiger partial charge in [-0.05, 0) is 6.07 Å². The Hall–Kier alpha value is -2.19. The Balaban J connectivity index is 3.05. The van der Waals surface area contributed by atoms with Gasteiger partial charge in [0, 0.05) is 12.1 Å². The lowest BCUT2D eigenvalue weighted by molar-refractivity contribution is -0.384. The molecule has 19 heavy (non-hydrogen) atoms. The first-order chi connectivity index (χ1) is 9.03. The SMILES string of the molecule is COc1ccc([N+](=O)[O-])cc1C(=O)NC(CO)CO. The normalized spacial score (nSPS) is 10.3. The molecule has 0 atom stereocenters. The van der Waals surface area contributed by atoms with Gasteiger partial charge in [0.25, 0.3) is 11.6 Å². The molecule has 0 bridgehead atoms. The number of rotatable bonds is 6. The van der Waals surface area contributed by atoms with Crippen LogP contribution in [0.4, 0.5) is 5.69 Å². The quantitative estimate of drug-likeness (QED) is 0.481. The zero-order valence-electron chi connectivity index (χ0n) is 10.2. The molecule has 0 spiro atoms. The van der Waals surface area contributed by atoms with Crippen molar-refractivity contribution in [3.8, 4) is 5.75 Å². The first-order valence-corrected chi connectivity index (χ1v) is 5.38. The Morgan fingerprint density at radius 3 is 2.58 bits per heavy atom. The number of aliphatic hydroxyl groups excluding tert-OH is 2. The molecule has 8 nitrogen and oxygen atoms in total. The number of carbonyl (C=O) groups excluding carboxylic acids is 1. The third kappa shape index (κ3) is 3.63. The summed E-state index contributed by atoms with van der Waals surface area (Å²) in [4.78, 5) is 21.9. The number of benzene rings is 1. The summed E-state index contributed by atoms with van der Waals surface area (Å²) in [7, 11) is 1.33. The van der Waals surface area contributed by atoms with E-state index in [1.54, 1.807) is 0 Å². The fourth-order valence-corrected chi connectivity index (χ4v) is 1.40. The van der Waals surface area contributed by atoms with Gasteiger partial charge in [0.15, 0.2) is 0 Å². The number of hydrogen-bond donors (Lipinski definition) is 3. The van der Waals surface area contributed by atoms with Crippen molar-refractivity contribution >= 4 is 11.6 Å². The van der Waals surface area contributed by atoms with E-state index in [-0.39, 0.29) is 17.0 Å². The van der Waals surface area contributed by atoms with Gasteiger partial charge in [-0.15, -0.1) is 0 Å². The summed E-state index contributed by atoms with van der Waals surface area (Å²) in [5.74, 6) is -0.508. The second-order valence-corrected chi connectivity index (χ2v) is 3.68. The van der Waals surface area contributed by atoms with Crippen LogP contribution in [0.1, 0.15) is 10.4 Å². The molecule has 1 aromatic carbocycles. The van der Waals surface area contributed by atoms with Gasteiger partial charge in [0.2, 0.25) is 0 Å². The number of non-ortho nitro benzene ring substituents is 1. The summed E-state index contributed by atoms with van der Waals surface area (Å²) in [5, 5.41) is 30.7. The van der Waals surface area contributed by atoms with Gasteiger partial charge in [-0.25, -0.2) is 0 Å². The summed E-state index contributed by atoms with van der Waals surface area (Å²) in [6.45, 7) is -0.890. The molecular weight excluding hydrogens is 256 g/mol. The molecule has 0 saturated heterocycles. The minimum Gasteiger partial charge on any atom is -0.496 e. The number of nitro groups is 1. The van der Waals surface area contributed by atoms with Crippen LogP contribution in [0.25, 0.3) is 0 Å². The Kier molecular flexibility index (Phi) is 5.22. The van der Waals surface area contributed by atoms with Gasteiger partial charge in [-0.1, -0.05) is 0 Å². The molecular formula is C11H14N2O6. The highest BCUT2D eigenvalue weighted by atomic mass is 16.6. The molecule has 1 rings (SSSR count). The monoisotopic (exact) mass is 270 g/mol. The van der Waals surface area contributed by atoms with Gasteiger partial charge < -0.3 is 20.3 Å². The molecule has 0 radical (unpaired) electrons. The number of nitrogens with zero attached hydrogens (tertiary/aromatic N) is 1. The lowest BCUT2D eigenvalue weighted by Gasteiger charge is -2.14. The Bertz CT molecular complexity index is 472. The van der Waals surface area contributed by atoms with E-state index in [9.17, 15) is 14.9 Å². The lowest BCUT2D eigenvalue weighted by Crippen LogP contribution is -2.40. The van der Waals surface area contributed by atoms with E-state index in [1.165, 1.54) is 19.2 Å². The highest BCUT2D eigenvalue weighted by Crippen LogP contribution is 2.23. The van der Waals surface area contributed by atoms with Crippen molar-refractivity contribution in [2.45, 2.75) is 6.04 Å². The smallest absolute Gasteiger partial charge is 0.270 e. The summed E-state index contributed by atoms with van der Waals surface area (Å²) in [6.07, 6.45) is 0. The van der Waals surface area contributed by atoms with E-state index >= 15 is 0 Å². The topological polar surface area (TPSA) is 122 Å². The molecule has 104 valence electrons. The highest BCUT2D eigenvalue weighted by Gasteiger charge is 2.19. The van der Waals surface area contributed by atoms with Crippen LogP contribution < -0.4 is 10.1 Å². The van der Waals surface area contributed by atoms with Crippen molar-refractivity contribution in [3.63, 3.8) is 0 Å². The molecule has 0 fully saturated rings. The minimum absolute atomic E-state index is 0.0383. The third-order valence-corrected chi connectivity index (χ3v) is 2.41. The number of ether oxygens (including phenoxy) is 1. The minimum atomic E-state index is -0.837. The Labute approximate surface area is 108 Å². The van der Waals surface area contributed by atoms with Crippen LogP contribution in [0.5, 0.6) is 5.75 Å². The van der Waals surface area contributed by atoms with Gasteiger partial charge in [-0.3, -0.25) is 14.9 Å². The van der Waals surface area contributed by atoms with Gasteiger partial charge in [0.1, 0.15) is 5.75 Å². The fraction of sp³-hybridized carbons (Fsp3) is 0.364. The van der Waals surface area contributed by atoms with Crippen LogP contribution in [-0.2, 0) is 0 Å². The zero-order valence-corrected chi connectivity index (χ0v) is 10.2. The van der Waals surface area contributed by atoms with Crippen molar-refractivity contribution in [2.24, 2.45) is 0 Å². The first kappa shape index (κ1) is 14.9. The van der Waals surface area contributed by atoms with E-state index in [2.05, 4.69) is 5.32 Å². The average Bonchev–Trinajstić information content (AvgIpc) is 2.43. The van der Waals surface area contributed by atoms with Crippen LogP contribution in [0.15, 0.2) is 18.2 Å². The first-order valence-electron chi connectivity index (χ1n) is 5.38. The van der Waals surface area contributed by atoms with E-state index in [0.29, 0.717) is 0 Å². The molecule has 1 amide bonds. The van der Waals surface area contributed by atoms with Gasteiger partial charge in [-0.2, -0.15) is 0 Å². The van der Waals surface area contributed by atoms with Gasteiger partial charge in [0.05, 0.1) is 36.9 Å². The maximum atomic E-state index is 11.9. The molecule has 0 saturated carbocycles. The second kappa shape index (κ2) is 6.66. The predicted octanol–water partition coefficient (Wildman–Crippen LogP) is -0.314. The molecule has 0 heterocycles. The summed E-state index contributed by atoms with van der Waals surface area (Å²) in [5.41, 5.74) is -0.293. The number of amides is 1. The number of methoxy groups -OCH3 is 1. The Morgan fingerprint density at radius 2 is 2.11 bits per heavy atom. The van der Waals surface area contributed by atoms with Crippen molar-refractivity contribution in [1.82, 2.24) is 5.32 Å². The molecule has 0 aliphatic heterocycles. The van der Waals surface area contributed by atoms with E-state index in [1.807, 2.05) is 0 Å². The van der Waals surface area contributed by atoms with Crippen LogP contribution in [0.3, 0.4) is 0 Å². The number of nitro benzene ring substituents is 1. The fourth-order valence-electron chi connectivity index (χ4n) is 1.40. The van der Waals surface area contributed by atoms with Crippen LogP contribution >= 0.6 is 0 Å². The Morgan fingerprint density at radius 1 is 1.47 bits per heavy atom. The largest absolute Gasteiger partial charge is 0.496 e. The summed E-state index contributed by atoms with van der Waals surface area (Å²) < 4.78 is 4.94. The standard InChI is InChI=1S/C11H14N2O6/c1-19-10-3-2-8(13(17)18)4-9(10)11(16)12-7(5-14)6-15/h2-4,7,14-15H,5-6H2,1H3,(H,12,16). The molecule has 3 N–H and O–H groups in total. The van der Waals surface area contributed by atoms with Crippen LogP contribution in [-0.4, -0.2) is 47.4 Å². The van der Waals surface area contributed by atoms with Crippen molar-refractivity contribution in [3.05, 3.63) is 33.9 Å². The third-order valence-electron chi connectivity index (χ3n) is 2.41. The van der Waals surface area contributed by atoms with Crippen LogP contribution in [0, 0.1) is 10.1 Å². The summed E-state index contributed by atoms with van der Waals surface area (Å²) >= 11 is 0. The number of carbonyl (C=O) groups is 1. The number of hydrogen-bond acceptors (Lipinski definition) is 6. The lowest BCUT2D eigenvalue weighted by atomic mass is 10.1. The predicted molar refractivity (Wildman–Crippen MR) is 65.1 cm³/mol. The molecule has 1 aromatic rings. The van der Waals surface area contributed by atoms with E-state index in [4.69, 9.17) is 14.9 Å². The molecule has 0 aliphatic carbocycles. The van der Waals surface area contributed by atoms with Crippen LogP contribution in [0.2, 0.25) is 0 Å². The zero-order chi connectivity index (χ0) is 14.4. The number of nitrogens with one attached hydrogen (secondary N) is 1. The molecule has 0 unspecified atom stereocenters. The molecule has 0 aliphatic rings.